The molecule has 0 spiro atoms. The van der Waals surface area contributed by atoms with Crippen LogP contribution in [0.1, 0.15) is 27.8 Å². The van der Waals surface area contributed by atoms with Crippen molar-refractivity contribution < 1.29 is 0 Å². The monoisotopic (exact) mass is 1040 g/mol. The molecule has 82 heavy (non-hydrogen) atoms. The fourth-order valence-corrected chi connectivity index (χ4v) is 11.0. The van der Waals surface area contributed by atoms with Gasteiger partial charge in [-0.25, -0.2) is 24.2 Å². The van der Waals surface area contributed by atoms with Crippen LogP contribution in [0.4, 0.5) is 28.4 Å². The Morgan fingerprint density at radius 2 is 0.683 bits per heavy atom. The van der Waals surface area contributed by atoms with Gasteiger partial charge < -0.3 is 9.13 Å². The van der Waals surface area contributed by atoms with Crippen molar-refractivity contribution in [3.05, 3.63) is 267 Å². The number of hydrogen-bond acceptors (Lipinski definition) is 5. The molecule has 0 aliphatic rings. The summed E-state index contributed by atoms with van der Waals surface area (Å²) in [5, 5.41) is 53.9. The molecule has 0 atom stereocenters. The van der Waals surface area contributed by atoms with Gasteiger partial charge in [-0.15, -0.1) is 0 Å². The Hall–Kier alpha value is -13.3. The molecule has 0 fully saturated rings. The summed E-state index contributed by atoms with van der Waals surface area (Å²) in [6.07, 6.45) is 0. The Bertz CT molecular complexity index is 4710. The highest BCUT2D eigenvalue weighted by molar-refractivity contribution is 6.14. The highest BCUT2D eigenvalue weighted by atomic mass is 15.0. The van der Waals surface area contributed by atoms with Crippen molar-refractivity contribution in [3.63, 3.8) is 0 Å². The predicted octanol–water partition coefficient (Wildman–Crippen LogP) is 18.3. The van der Waals surface area contributed by atoms with Gasteiger partial charge in [0.2, 0.25) is 0 Å². The minimum Gasteiger partial charge on any atom is -0.309 e. The quantitative estimate of drug-likeness (QED) is 0.146. The van der Waals surface area contributed by atoms with E-state index in [1.54, 1.807) is 84.9 Å². The average Bonchev–Trinajstić information content (AvgIpc) is 4.22. The summed E-state index contributed by atoms with van der Waals surface area (Å²) in [5.74, 6) is 0. The molecule has 0 saturated carbocycles. The maximum Gasteiger partial charge on any atom is 0.196 e. The normalized spacial score (nSPS) is 10.6. The molecule has 0 saturated heterocycles. The molecular formula is C70H30N12. The van der Waals surface area contributed by atoms with Gasteiger partial charge in [0, 0.05) is 44.0 Å². The molecule has 12 rings (SSSR count). The summed E-state index contributed by atoms with van der Waals surface area (Å²) in [6, 6.07) is 65.9. The van der Waals surface area contributed by atoms with Crippen LogP contribution in [0.5, 0.6) is 0 Å². The number of fused-ring (bicyclic) bond motifs is 6. The van der Waals surface area contributed by atoms with E-state index in [9.17, 15) is 26.3 Å². The number of nitrogens with zero attached hydrogens (tertiary/aromatic N) is 12. The fourth-order valence-electron chi connectivity index (χ4n) is 11.0. The lowest BCUT2D eigenvalue weighted by Gasteiger charge is -2.15. The zero-order valence-corrected chi connectivity index (χ0v) is 42.7. The maximum atomic E-state index is 10.9. The van der Waals surface area contributed by atoms with Gasteiger partial charge in [0.15, 0.2) is 28.4 Å². The lowest BCUT2D eigenvalue weighted by molar-refractivity contribution is 1.17. The lowest BCUT2D eigenvalue weighted by Crippen LogP contribution is -1.98. The second-order valence-electron chi connectivity index (χ2n) is 19.1. The van der Waals surface area contributed by atoms with Crippen LogP contribution in [0.3, 0.4) is 0 Å². The smallest absolute Gasteiger partial charge is 0.196 e. The third-order valence-electron chi connectivity index (χ3n) is 14.8. The molecule has 0 radical (unpaired) electrons. The van der Waals surface area contributed by atoms with Crippen molar-refractivity contribution in [3.8, 4) is 97.4 Å². The van der Waals surface area contributed by atoms with Gasteiger partial charge in [-0.1, -0.05) is 72.8 Å². The van der Waals surface area contributed by atoms with Gasteiger partial charge >= 0.3 is 0 Å². The molecule has 0 amide bonds. The van der Waals surface area contributed by atoms with Crippen LogP contribution in [0.15, 0.2) is 182 Å². The lowest BCUT2D eigenvalue weighted by atomic mass is 9.96. The van der Waals surface area contributed by atoms with E-state index in [0.717, 1.165) is 65.9 Å². The Morgan fingerprint density at radius 1 is 0.280 bits per heavy atom. The second-order valence-corrected chi connectivity index (χ2v) is 19.1. The van der Waals surface area contributed by atoms with E-state index in [-0.39, 0.29) is 0 Å². The molecular weight excluding hydrogens is 1010 g/mol. The van der Waals surface area contributed by atoms with Gasteiger partial charge in [-0.05, 0) is 165 Å². The Kier molecular flexibility index (Phi) is 12.1. The van der Waals surface area contributed by atoms with Gasteiger partial charge in [-0.2, -0.15) is 26.3 Å². The van der Waals surface area contributed by atoms with Gasteiger partial charge in [-0.3, -0.25) is 0 Å². The molecule has 2 heterocycles. The third-order valence-corrected chi connectivity index (χ3v) is 14.8. The number of aromatic nitrogens is 2. The second kappa shape index (κ2) is 20.0. The van der Waals surface area contributed by atoms with Crippen LogP contribution in [0, 0.1) is 89.5 Å². The van der Waals surface area contributed by atoms with E-state index in [1.165, 1.54) is 0 Å². The van der Waals surface area contributed by atoms with Crippen LogP contribution in [-0.4, -0.2) is 9.13 Å². The first-order valence-electron chi connectivity index (χ1n) is 25.1. The molecule has 0 aliphatic heterocycles. The molecule has 0 N–H and O–H groups in total. The molecule has 2 aromatic heterocycles. The van der Waals surface area contributed by atoms with E-state index in [1.807, 2.05) is 97.1 Å². The van der Waals surface area contributed by atoms with E-state index in [2.05, 4.69) is 63.7 Å². The topological polar surface area (TPSA) is 151 Å². The molecule has 12 nitrogen and oxygen atoms in total. The molecule has 0 aliphatic carbocycles. The molecule has 12 heteroatoms. The number of hydrogen-bond donors (Lipinski definition) is 0. The first-order chi connectivity index (χ1) is 40.2. The van der Waals surface area contributed by atoms with E-state index in [0.29, 0.717) is 101 Å². The zero-order chi connectivity index (χ0) is 56.8. The number of benzene rings is 10. The van der Waals surface area contributed by atoms with E-state index >= 15 is 0 Å². The zero-order valence-electron chi connectivity index (χ0n) is 42.7. The summed E-state index contributed by atoms with van der Waals surface area (Å²) >= 11 is 0. The van der Waals surface area contributed by atoms with Crippen LogP contribution in [0.25, 0.3) is 135 Å². The number of rotatable bonds is 7. The van der Waals surface area contributed by atoms with Crippen molar-refractivity contribution in [2.75, 3.05) is 0 Å². The molecule has 0 unspecified atom stereocenters. The summed E-state index contributed by atoms with van der Waals surface area (Å²) in [4.78, 5) is 18.6. The Morgan fingerprint density at radius 3 is 1.16 bits per heavy atom. The van der Waals surface area contributed by atoms with Crippen LogP contribution >= 0.6 is 0 Å². The molecule has 10 aromatic carbocycles. The highest BCUT2D eigenvalue weighted by Gasteiger charge is 2.22. The van der Waals surface area contributed by atoms with Crippen molar-refractivity contribution in [1.82, 2.24) is 9.13 Å². The van der Waals surface area contributed by atoms with Crippen LogP contribution in [0.2, 0.25) is 0 Å². The Balaban J connectivity index is 1.07. The third kappa shape index (κ3) is 8.09. The molecule has 12 aromatic rings. The minimum absolute atomic E-state index is 0.300. The van der Waals surface area contributed by atoms with Crippen LogP contribution < -0.4 is 0 Å². The summed E-state index contributed by atoms with van der Waals surface area (Å²) in [5.41, 5.74) is 14.4. The maximum absolute atomic E-state index is 10.9. The van der Waals surface area contributed by atoms with Gasteiger partial charge in [0.1, 0.15) is 0 Å². The van der Waals surface area contributed by atoms with Crippen molar-refractivity contribution in [2.24, 2.45) is 0 Å². The summed E-state index contributed by atoms with van der Waals surface area (Å²) in [6.45, 7) is 39.6. The SMILES string of the molecule is [C-]#[N+]c1ccc(-c2ccc3c(c2)c2cc(-c4ccc([N+]#[C-])cc4[N+]#[C-])ccc2n3-c2ccc(C#N)c(-c3cc(-n4c5ccc(-c6ccc(C#N)cc6C#N)cc5c5cc(-c6ccc(C#N)cc6[N+]#[C-])ccc54)ccc3[N+]#[C-])c2)c(C#N)c1. The first-order valence-corrected chi connectivity index (χ1v) is 25.1. The van der Waals surface area contributed by atoms with Crippen molar-refractivity contribution >= 4 is 72.0 Å². The largest absolute Gasteiger partial charge is 0.309 e. The Labute approximate surface area is 469 Å². The van der Waals surface area contributed by atoms with Crippen molar-refractivity contribution in [2.45, 2.75) is 0 Å². The first kappa shape index (κ1) is 49.6. The van der Waals surface area contributed by atoms with E-state index < -0.39 is 0 Å². The minimum atomic E-state index is 0.300. The predicted molar refractivity (Wildman–Crippen MR) is 317 cm³/mol. The average molecular weight is 1040 g/mol. The fraction of sp³-hybridized carbons (Fsp3) is 0. The van der Waals surface area contributed by atoms with Crippen molar-refractivity contribution in [1.29, 1.82) is 26.3 Å². The van der Waals surface area contributed by atoms with E-state index in [4.69, 9.17) is 32.9 Å². The summed E-state index contributed by atoms with van der Waals surface area (Å²) in [7, 11) is 0. The summed E-state index contributed by atoms with van der Waals surface area (Å²) < 4.78 is 4.16. The number of nitriles is 5. The molecule has 370 valence electrons. The molecule has 0 bridgehead atoms. The van der Waals surface area contributed by atoms with Gasteiger partial charge in [0.05, 0.1) is 102 Å². The van der Waals surface area contributed by atoms with Crippen LogP contribution in [-0.2, 0) is 0 Å². The standard InChI is InChI=1S/C70H30N12/c1-76-50-13-19-55(49(28-50)40-75)44-10-23-67-61(30-44)63-32-46(57-20-14-51(77-2)33-66(57)80-5)12-25-69(63)81(67)52-15-8-47(38-73)58(34-52)59-35-53(16-21-64(59)78-3)82-68-22-9-43(54-17-6-41(36-71)26-48(54)39-74)29-60(68)62-31-45(11-24-70(62)82)56-18-7-42(37-72)27-65(56)79-4/h6-35H. The van der Waals surface area contributed by atoms with Gasteiger partial charge in [0.25, 0.3) is 0 Å². The highest BCUT2D eigenvalue weighted by Crippen LogP contribution is 2.45.